The fourth-order valence-corrected chi connectivity index (χ4v) is 5.82. The van der Waals surface area contributed by atoms with Crippen LogP contribution in [0.25, 0.3) is 0 Å². The number of hydrogen-bond acceptors (Lipinski definition) is 1. The van der Waals surface area contributed by atoms with E-state index in [2.05, 4.69) is 27.7 Å². The SMILES string of the molecule is CC1(C)CCC[C@@]2(C)[C@@H]1CC[C@@]1(C)OCC[C@H]21. The summed E-state index contributed by atoms with van der Waals surface area (Å²) < 4.78 is 6.13. The number of fused-ring (bicyclic) bond motifs is 3. The van der Waals surface area contributed by atoms with E-state index in [0.29, 0.717) is 10.8 Å². The molecule has 0 amide bonds. The molecule has 1 saturated heterocycles. The van der Waals surface area contributed by atoms with Crippen molar-refractivity contribution >= 4 is 0 Å². The predicted octanol–water partition coefficient (Wildman–Crippen LogP) is 4.41. The van der Waals surface area contributed by atoms with Crippen LogP contribution in [0.3, 0.4) is 0 Å². The maximum Gasteiger partial charge on any atom is 0.0688 e. The first-order chi connectivity index (χ1) is 7.89. The monoisotopic (exact) mass is 236 g/mol. The topological polar surface area (TPSA) is 9.23 Å². The van der Waals surface area contributed by atoms with Gasteiger partial charge in [0.05, 0.1) is 5.60 Å². The first-order valence-corrected chi connectivity index (χ1v) is 7.52. The van der Waals surface area contributed by atoms with E-state index >= 15 is 0 Å². The zero-order valence-corrected chi connectivity index (χ0v) is 12.0. The Hall–Kier alpha value is -0.0400. The van der Waals surface area contributed by atoms with Crippen LogP contribution in [-0.2, 0) is 4.74 Å². The third-order valence-corrected chi connectivity index (χ3v) is 6.58. The average Bonchev–Trinajstić information content (AvgIpc) is 2.60. The molecule has 1 heterocycles. The largest absolute Gasteiger partial charge is 0.375 e. The van der Waals surface area contributed by atoms with Gasteiger partial charge in [0.25, 0.3) is 0 Å². The maximum atomic E-state index is 6.13. The van der Waals surface area contributed by atoms with Crippen molar-refractivity contribution in [2.75, 3.05) is 6.61 Å². The smallest absolute Gasteiger partial charge is 0.0688 e. The summed E-state index contributed by atoms with van der Waals surface area (Å²) in [5.41, 5.74) is 1.31. The zero-order valence-electron chi connectivity index (χ0n) is 12.0. The van der Waals surface area contributed by atoms with Gasteiger partial charge in [0, 0.05) is 6.61 Å². The Labute approximate surface area is 106 Å². The second-order valence-corrected chi connectivity index (χ2v) is 7.94. The molecule has 0 N–H and O–H groups in total. The highest BCUT2D eigenvalue weighted by Crippen LogP contribution is 2.64. The summed E-state index contributed by atoms with van der Waals surface area (Å²) in [6.07, 6.45) is 8.27. The molecule has 2 saturated carbocycles. The third-order valence-electron chi connectivity index (χ3n) is 6.58. The van der Waals surface area contributed by atoms with Crippen molar-refractivity contribution in [3.8, 4) is 0 Å². The van der Waals surface area contributed by atoms with Crippen LogP contribution in [0.15, 0.2) is 0 Å². The van der Waals surface area contributed by atoms with E-state index in [1.165, 1.54) is 38.5 Å². The number of rotatable bonds is 0. The first kappa shape index (κ1) is 12.0. The van der Waals surface area contributed by atoms with Crippen LogP contribution in [0.4, 0.5) is 0 Å². The Morgan fingerprint density at radius 3 is 2.41 bits per heavy atom. The molecule has 0 aromatic heterocycles. The minimum absolute atomic E-state index is 0.207. The molecule has 1 aliphatic heterocycles. The summed E-state index contributed by atoms with van der Waals surface area (Å²) in [6.45, 7) is 11.0. The van der Waals surface area contributed by atoms with Crippen LogP contribution in [-0.4, -0.2) is 12.2 Å². The van der Waals surface area contributed by atoms with Gasteiger partial charge in [0.1, 0.15) is 0 Å². The van der Waals surface area contributed by atoms with Crippen LogP contribution in [0, 0.1) is 22.7 Å². The minimum Gasteiger partial charge on any atom is -0.375 e. The number of ether oxygens (including phenoxy) is 1. The Balaban J connectivity index is 1.98. The van der Waals surface area contributed by atoms with E-state index in [4.69, 9.17) is 4.74 Å². The van der Waals surface area contributed by atoms with E-state index < -0.39 is 0 Å². The first-order valence-electron chi connectivity index (χ1n) is 7.52. The van der Waals surface area contributed by atoms with Crippen LogP contribution in [0.2, 0.25) is 0 Å². The molecule has 0 radical (unpaired) electrons. The lowest BCUT2D eigenvalue weighted by Gasteiger charge is -2.60. The fraction of sp³-hybridized carbons (Fsp3) is 1.00. The molecule has 0 aromatic carbocycles. The molecule has 0 unspecified atom stereocenters. The van der Waals surface area contributed by atoms with Gasteiger partial charge >= 0.3 is 0 Å². The highest BCUT2D eigenvalue weighted by molar-refractivity contribution is 5.09. The van der Waals surface area contributed by atoms with E-state index in [1.807, 2.05) is 0 Å². The third kappa shape index (κ3) is 1.54. The lowest BCUT2D eigenvalue weighted by Crippen LogP contribution is -2.55. The zero-order chi connectivity index (χ0) is 12.3. The molecule has 3 aliphatic rings. The van der Waals surface area contributed by atoms with Crippen molar-refractivity contribution in [1.82, 2.24) is 0 Å². The van der Waals surface area contributed by atoms with E-state index in [-0.39, 0.29) is 5.60 Å². The van der Waals surface area contributed by atoms with Gasteiger partial charge in [-0.05, 0) is 61.7 Å². The molecule has 3 rings (SSSR count). The second-order valence-electron chi connectivity index (χ2n) is 7.94. The molecule has 98 valence electrons. The van der Waals surface area contributed by atoms with Crippen LogP contribution in [0.1, 0.15) is 66.2 Å². The molecule has 0 spiro atoms. The quantitative estimate of drug-likeness (QED) is 0.605. The Morgan fingerprint density at radius 2 is 1.65 bits per heavy atom. The van der Waals surface area contributed by atoms with Crippen LogP contribution >= 0.6 is 0 Å². The molecule has 17 heavy (non-hydrogen) atoms. The highest BCUT2D eigenvalue weighted by Gasteiger charge is 2.60. The molecule has 1 nitrogen and oxygen atoms in total. The average molecular weight is 236 g/mol. The van der Waals surface area contributed by atoms with Crippen molar-refractivity contribution < 1.29 is 4.74 Å². The maximum absolute atomic E-state index is 6.13. The Bertz CT molecular complexity index is 317. The lowest BCUT2D eigenvalue weighted by molar-refractivity contribution is -0.147. The normalized spacial score (nSPS) is 52.9. The van der Waals surface area contributed by atoms with Crippen molar-refractivity contribution in [1.29, 1.82) is 0 Å². The molecule has 3 fully saturated rings. The van der Waals surface area contributed by atoms with E-state index in [9.17, 15) is 0 Å². The summed E-state index contributed by atoms with van der Waals surface area (Å²) in [6, 6.07) is 0. The van der Waals surface area contributed by atoms with Crippen molar-refractivity contribution in [2.24, 2.45) is 22.7 Å². The van der Waals surface area contributed by atoms with Crippen molar-refractivity contribution in [2.45, 2.75) is 71.8 Å². The molecule has 0 bridgehead atoms. The van der Waals surface area contributed by atoms with Gasteiger partial charge < -0.3 is 4.74 Å². The van der Waals surface area contributed by atoms with Crippen molar-refractivity contribution in [3.63, 3.8) is 0 Å². The van der Waals surface area contributed by atoms with Gasteiger partial charge in [-0.1, -0.05) is 27.2 Å². The fourth-order valence-electron chi connectivity index (χ4n) is 5.82. The lowest BCUT2D eigenvalue weighted by atomic mass is 9.46. The summed E-state index contributed by atoms with van der Waals surface area (Å²) in [4.78, 5) is 0. The Kier molecular flexibility index (Phi) is 2.47. The summed E-state index contributed by atoms with van der Waals surface area (Å²) in [7, 11) is 0. The summed E-state index contributed by atoms with van der Waals surface area (Å²) in [5, 5.41) is 0. The van der Waals surface area contributed by atoms with E-state index in [1.54, 1.807) is 0 Å². The van der Waals surface area contributed by atoms with Gasteiger partial charge in [0.15, 0.2) is 0 Å². The van der Waals surface area contributed by atoms with E-state index in [0.717, 1.165) is 18.4 Å². The second kappa shape index (κ2) is 3.50. The number of hydrogen-bond donors (Lipinski definition) is 0. The van der Waals surface area contributed by atoms with Crippen LogP contribution < -0.4 is 0 Å². The van der Waals surface area contributed by atoms with Crippen molar-refractivity contribution in [3.05, 3.63) is 0 Å². The van der Waals surface area contributed by atoms with Gasteiger partial charge in [-0.25, -0.2) is 0 Å². The summed E-state index contributed by atoms with van der Waals surface area (Å²) in [5.74, 6) is 1.73. The van der Waals surface area contributed by atoms with Crippen LogP contribution in [0.5, 0.6) is 0 Å². The molecule has 2 aliphatic carbocycles. The summed E-state index contributed by atoms with van der Waals surface area (Å²) >= 11 is 0. The van der Waals surface area contributed by atoms with Gasteiger partial charge in [-0.2, -0.15) is 0 Å². The van der Waals surface area contributed by atoms with Gasteiger partial charge in [-0.15, -0.1) is 0 Å². The molecule has 1 heteroatoms. The standard InChI is InChI=1S/C16H28O/c1-14(2)8-5-9-15(3)12(14)6-10-16(4)13(15)7-11-17-16/h12-13H,5-11H2,1-4H3/t12-,13-,15+,16-/m1/s1. The Morgan fingerprint density at radius 1 is 0.882 bits per heavy atom. The molecule has 4 atom stereocenters. The minimum atomic E-state index is 0.207. The predicted molar refractivity (Wildman–Crippen MR) is 70.9 cm³/mol. The van der Waals surface area contributed by atoms with Gasteiger partial charge in [0.2, 0.25) is 0 Å². The molecular formula is C16H28O. The molecular weight excluding hydrogens is 208 g/mol. The van der Waals surface area contributed by atoms with Gasteiger partial charge in [-0.3, -0.25) is 0 Å². The highest BCUT2D eigenvalue weighted by atomic mass is 16.5. The molecule has 0 aromatic rings.